The van der Waals surface area contributed by atoms with Gasteiger partial charge in [0.25, 0.3) is 0 Å². The van der Waals surface area contributed by atoms with Crippen molar-refractivity contribution in [2.45, 2.75) is 31.8 Å². The molecule has 1 atom stereocenters. The van der Waals surface area contributed by atoms with Crippen LogP contribution in [-0.2, 0) is 0 Å². The zero-order chi connectivity index (χ0) is 12.7. The third kappa shape index (κ3) is 4.91. The van der Waals surface area contributed by atoms with Gasteiger partial charge in [0.05, 0.1) is 0 Å². The molecule has 1 rings (SSSR count). The van der Waals surface area contributed by atoms with E-state index < -0.39 is 0 Å². The normalized spacial score (nSPS) is 12.8. The van der Waals surface area contributed by atoms with E-state index in [1.54, 1.807) is 18.1 Å². The molecular weight excluding hydrogens is 232 g/mol. The van der Waals surface area contributed by atoms with Gasteiger partial charge < -0.3 is 10.2 Å². The first-order valence-corrected chi connectivity index (χ1v) is 7.27. The average Bonchev–Trinajstić information content (AvgIpc) is 2.36. The minimum atomic E-state index is 0.388. The molecule has 96 valence electrons. The summed E-state index contributed by atoms with van der Waals surface area (Å²) >= 11 is 1.63. The van der Waals surface area contributed by atoms with Crippen LogP contribution in [0.15, 0.2) is 17.4 Å². The Morgan fingerprint density at radius 1 is 1.35 bits per heavy atom. The first-order chi connectivity index (χ1) is 8.19. The highest BCUT2D eigenvalue weighted by molar-refractivity contribution is 7.98. The number of hydrogen-bond donors (Lipinski definition) is 1. The van der Waals surface area contributed by atoms with Gasteiger partial charge in [-0.15, -0.1) is 11.8 Å². The predicted molar refractivity (Wildman–Crippen MR) is 74.7 cm³/mol. The van der Waals surface area contributed by atoms with Gasteiger partial charge in [-0.1, -0.05) is 13.8 Å². The Hall–Kier alpha value is -0.810. The summed E-state index contributed by atoms with van der Waals surface area (Å²) in [6.07, 6.45) is 3.63. The summed E-state index contributed by atoms with van der Waals surface area (Å²) in [5, 5.41) is 4.41. The van der Waals surface area contributed by atoms with Crippen LogP contribution in [0.5, 0.6) is 0 Å². The lowest BCUT2D eigenvalue weighted by atomic mass is 10.3. The molecule has 0 spiro atoms. The molecule has 0 fully saturated rings. The Morgan fingerprint density at radius 2 is 2.06 bits per heavy atom. The van der Waals surface area contributed by atoms with Gasteiger partial charge in [0.2, 0.25) is 0 Å². The Kier molecular flexibility index (Phi) is 6.29. The molecule has 1 N–H and O–H groups in total. The van der Waals surface area contributed by atoms with E-state index in [0.717, 1.165) is 30.5 Å². The van der Waals surface area contributed by atoms with Crippen LogP contribution in [0.2, 0.25) is 0 Å². The number of rotatable bonds is 7. The molecule has 1 aromatic rings. The van der Waals surface area contributed by atoms with E-state index >= 15 is 0 Å². The van der Waals surface area contributed by atoms with E-state index in [4.69, 9.17) is 0 Å². The minimum Gasteiger partial charge on any atom is -0.366 e. The smallest absolute Gasteiger partial charge is 0.130 e. The van der Waals surface area contributed by atoms with Crippen molar-refractivity contribution in [1.82, 2.24) is 14.9 Å². The maximum Gasteiger partial charge on any atom is 0.130 e. The maximum absolute atomic E-state index is 4.23. The molecule has 0 aliphatic heterocycles. The monoisotopic (exact) mass is 254 g/mol. The average molecular weight is 254 g/mol. The Labute approximate surface area is 108 Å². The number of anilines is 1. The van der Waals surface area contributed by atoms with E-state index in [1.807, 2.05) is 12.3 Å². The van der Waals surface area contributed by atoms with Gasteiger partial charge in [-0.2, -0.15) is 0 Å². The highest BCUT2D eigenvalue weighted by Gasteiger charge is 2.07. The predicted octanol–water partition coefficient (Wildman–Crippen LogP) is 2.34. The van der Waals surface area contributed by atoms with Crippen molar-refractivity contribution in [3.8, 4) is 0 Å². The molecule has 0 saturated carbocycles. The van der Waals surface area contributed by atoms with E-state index in [0.29, 0.717) is 6.04 Å². The van der Waals surface area contributed by atoms with Gasteiger partial charge in [-0.3, -0.25) is 0 Å². The molecule has 0 radical (unpaired) electrons. The first kappa shape index (κ1) is 14.3. The maximum atomic E-state index is 4.23. The molecule has 0 aromatic carbocycles. The molecule has 5 heteroatoms. The van der Waals surface area contributed by atoms with Gasteiger partial charge in [0.15, 0.2) is 0 Å². The van der Waals surface area contributed by atoms with Gasteiger partial charge in [0.1, 0.15) is 17.2 Å². The van der Waals surface area contributed by atoms with Crippen LogP contribution < -0.4 is 5.32 Å². The van der Waals surface area contributed by atoms with E-state index in [2.05, 4.69) is 41.0 Å². The standard InChI is InChI=1S/C12H22N4S/c1-5-16(6-2)8-10(3)15-11-7-12(17-4)14-9-13-11/h7,9-10H,5-6,8H2,1-4H3,(H,13,14,15). The van der Waals surface area contributed by atoms with E-state index in [1.165, 1.54) is 0 Å². The van der Waals surface area contributed by atoms with E-state index in [-0.39, 0.29) is 0 Å². The molecule has 0 saturated heterocycles. The Bertz CT molecular complexity index is 328. The topological polar surface area (TPSA) is 41.0 Å². The number of hydrogen-bond acceptors (Lipinski definition) is 5. The number of nitrogens with one attached hydrogen (secondary N) is 1. The highest BCUT2D eigenvalue weighted by Crippen LogP contribution is 2.14. The lowest BCUT2D eigenvalue weighted by molar-refractivity contribution is 0.294. The molecule has 1 heterocycles. The molecule has 0 aliphatic rings. The zero-order valence-corrected chi connectivity index (χ0v) is 11.9. The number of nitrogens with zero attached hydrogens (tertiary/aromatic N) is 3. The summed E-state index contributed by atoms with van der Waals surface area (Å²) in [5.41, 5.74) is 0. The summed E-state index contributed by atoms with van der Waals surface area (Å²) < 4.78 is 0. The summed E-state index contributed by atoms with van der Waals surface area (Å²) in [7, 11) is 0. The SMILES string of the molecule is CCN(CC)CC(C)Nc1cc(SC)ncn1. The van der Waals surface area contributed by atoms with Crippen molar-refractivity contribution < 1.29 is 0 Å². The number of thioether (sulfide) groups is 1. The van der Waals surface area contributed by atoms with Crippen molar-refractivity contribution in [2.24, 2.45) is 0 Å². The van der Waals surface area contributed by atoms with Crippen molar-refractivity contribution in [2.75, 3.05) is 31.2 Å². The second kappa shape index (κ2) is 7.50. The molecule has 0 bridgehead atoms. The quantitative estimate of drug-likeness (QED) is 0.597. The van der Waals surface area contributed by atoms with Crippen molar-refractivity contribution in [3.05, 3.63) is 12.4 Å². The zero-order valence-electron chi connectivity index (χ0n) is 11.1. The number of aromatic nitrogens is 2. The Morgan fingerprint density at radius 3 is 2.65 bits per heavy atom. The van der Waals surface area contributed by atoms with E-state index in [9.17, 15) is 0 Å². The van der Waals surface area contributed by atoms with Gasteiger partial charge >= 0.3 is 0 Å². The summed E-state index contributed by atoms with van der Waals surface area (Å²) in [6, 6.07) is 2.38. The lowest BCUT2D eigenvalue weighted by Gasteiger charge is -2.23. The van der Waals surface area contributed by atoms with Gasteiger partial charge in [0, 0.05) is 18.7 Å². The molecule has 4 nitrogen and oxygen atoms in total. The third-order valence-electron chi connectivity index (χ3n) is 2.67. The van der Waals surface area contributed by atoms with Crippen LogP contribution in [0.3, 0.4) is 0 Å². The second-order valence-electron chi connectivity index (χ2n) is 3.98. The molecule has 17 heavy (non-hydrogen) atoms. The fourth-order valence-electron chi connectivity index (χ4n) is 1.70. The highest BCUT2D eigenvalue weighted by atomic mass is 32.2. The summed E-state index contributed by atoms with van der Waals surface area (Å²) in [4.78, 5) is 10.8. The Balaban J connectivity index is 2.52. The molecular formula is C12H22N4S. The molecule has 1 aromatic heterocycles. The van der Waals surface area contributed by atoms with Crippen molar-refractivity contribution >= 4 is 17.6 Å². The number of likely N-dealkylation sites (N-methyl/N-ethyl adjacent to an activating group) is 1. The van der Waals surface area contributed by atoms with Crippen LogP contribution in [-0.4, -0.2) is 46.8 Å². The second-order valence-corrected chi connectivity index (χ2v) is 4.80. The first-order valence-electron chi connectivity index (χ1n) is 6.04. The molecule has 1 unspecified atom stereocenters. The van der Waals surface area contributed by atoms with Gasteiger partial charge in [-0.25, -0.2) is 9.97 Å². The molecule has 0 aliphatic carbocycles. The fourth-order valence-corrected chi connectivity index (χ4v) is 2.08. The fraction of sp³-hybridized carbons (Fsp3) is 0.667. The largest absolute Gasteiger partial charge is 0.366 e. The van der Waals surface area contributed by atoms with Crippen LogP contribution in [0.25, 0.3) is 0 Å². The van der Waals surface area contributed by atoms with Crippen LogP contribution in [0, 0.1) is 0 Å². The third-order valence-corrected chi connectivity index (χ3v) is 3.31. The van der Waals surface area contributed by atoms with Crippen LogP contribution in [0.4, 0.5) is 5.82 Å². The summed E-state index contributed by atoms with van der Waals surface area (Å²) in [6.45, 7) is 9.76. The van der Waals surface area contributed by atoms with Crippen molar-refractivity contribution in [1.29, 1.82) is 0 Å². The lowest BCUT2D eigenvalue weighted by Crippen LogP contribution is -2.34. The molecule has 0 amide bonds. The summed E-state index contributed by atoms with van der Waals surface area (Å²) in [5.74, 6) is 0.906. The van der Waals surface area contributed by atoms with Crippen LogP contribution >= 0.6 is 11.8 Å². The van der Waals surface area contributed by atoms with Crippen molar-refractivity contribution in [3.63, 3.8) is 0 Å². The van der Waals surface area contributed by atoms with Gasteiger partial charge in [-0.05, 0) is 26.3 Å². The minimum absolute atomic E-state index is 0.388. The van der Waals surface area contributed by atoms with Crippen LogP contribution in [0.1, 0.15) is 20.8 Å².